The van der Waals surface area contributed by atoms with Crippen molar-refractivity contribution in [2.75, 3.05) is 0 Å². The molecular formula is C11H15NO. The van der Waals surface area contributed by atoms with Crippen molar-refractivity contribution in [3.8, 4) is 5.75 Å². The van der Waals surface area contributed by atoms with Crippen LogP contribution in [0.4, 0.5) is 0 Å². The Morgan fingerprint density at radius 2 is 2.15 bits per heavy atom. The molecule has 0 heterocycles. The van der Waals surface area contributed by atoms with E-state index in [0.717, 1.165) is 12.8 Å². The number of phenolic OH excluding ortho intramolecular Hbond substituents is 1. The number of aromatic hydroxyl groups is 1. The zero-order valence-corrected chi connectivity index (χ0v) is 8.09. The minimum atomic E-state index is 0.201. The Kier molecular flexibility index (Phi) is 3.07. The van der Waals surface area contributed by atoms with Gasteiger partial charge in [0.15, 0.2) is 0 Å². The van der Waals surface area contributed by atoms with Gasteiger partial charge in [0.2, 0.25) is 0 Å². The molecule has 0 aliphatic carbocycles. The standard InChI is InChI=1S/C11H15NO/c1-3-4-9-5-6-11(13)10(7-9)8(2)12/h5-7,12-13H,3-4H2,1-2H3. The molecule has 13 heavy (non-hydrogen) atoms. The van der Waals surface area contributed by atoms with Crippen molar-refractivity contribution in [1.82, 2.24) is 0 Å². The fraction of sp³-hybridized carbons (Fsp3) is 0.364. The van der Waals surface area contributed by atoms with Crippen LogP contribution >= 0.6 is 0 Å². The first-order valence-corrected chi connectivity index (χ1v) is 4.52. The molecule has 0 aromatic heterocycles. The Bertz CT molecular complexity index is 318. The van der Waals surface area contributed by atoms with E-state index in [4.69, 9.17) is 5.41 Å². The number of hydrogen-bond donors (Lipinski definition) is 2. The Balaban J connectivity index is 3.04. The van der Waals surface area contributed by atoms with Crippen LogP contribution in [0.25, 0.3) is 0 Å². The second-order valence-electron chi connectivity index (χ2n) is 3.23. The predicted molar refractivity (Wildman–Crippen MR) is 54.6 cm³/mol. The van der Waals surface area contributed by atoms with Crippen LogP contribution in [0, 0.1) is 5.41 Å². The third kappa shape index (κ3) is 2.31. The van der Waals surface area contributed by atoms with Gasteiger partial charge in [0, 0.05) is 11.3 Å². The normalized spacial score (nSPS) is 10.0. The van der Waals surface area contributed by atoms with E-state index in [-0.39, 0.29) is 5.75 Å². The molecule has 0 radical (unpaired) electrons. The third-order valence-electron chi connectivity index (χ3n) is 2.00. The summed E-state index contributed by atoms with van der Waals surface area (Å²) in [4.78, 5) is 0. The number of aryl methyl sites for hydroxylation is 1. The third-order valence-corrected chi connectivity index (χ3v) is 2.00. The summed E-state index contributed by atoms with van der Waals surface area (Å²) in [5, 5.41) is 16.9. The second-order valence-corrected chi connectivity index (χ2v) is 3.23. The number of nitrogens with one attached hydrogen (secondary N) is 1. The van der Waals surface area contributed by atoms with Crippen molar-refractivity contribution >= 4 is 5.71 Å². The van der Waals surface area contributed by atoms with E-state index in [0.29, 0.717) is 11.3 Å². The van der Waals surface area contributed by atoms with Gasteiger partial charge in [0.25, 0.3) is 0 Å². The van der Waals surface area contributed by atoms with Gasteiger partial charge in [-0.3, -0.25) is 0 Å². The quantitative estimate of drug-likeness (QED) is 0.685. The summed E-state index contributed by atoms with van der Waals surface area (Å²) in [6.45, 7) is 3.80. The molecule has 0 aliphatic rings. The summed E-state index contributed by atoms with van der Waals surface area (Å²) in [6, 6.07) is 5.46. The molecule has 70 valence electrons. The van der Waals surface area contributed by atoms with Crippen molar-refractivity contribution in [2.45, 2.75) is 26.7 Å². The van der Waals surface area contributed by atoms with E-state index in [9.17, 15) is 5.11 Å². The monoisotopic (exact) mass is 177 g/mol. The maximum absolute atomic E-state index is 9.43. The van der Waals surface area contributed by atoms with Gasteiger partial charge in [-0.1, -0.05) is 19.4 Å². The minimum absolute atomic E-state index is 0.201. The molecule has 0 aliphatic heterocycles. The molecule has 0 atom stereocenters. The van der Waals surface area contributed by atoms with Crippen LogP contribution in [0.5, 0.6) is 5.75 Å². The Labute approximate surface area is 78.7 Å². The Morgan fingerprint density at radius 1 is 1.46 bits per heavy atom. The molecule has 2 heteroatoms. The van der Waals surface area contributed by atoms with Crippen molar-refractivity contribution in [2.24, 2.45) is 0 Å². The molecule has 2 N–H and O–H groups in total. The highest BCUT2D eigenvalue weighted by atomic mass is 16.3. The van der Waals surface area contributed by atoms with E-state index in [1.54, 1.807) is 13.0 Å². The predicted octanol–water partition coefficient (Wildman–Crippen LogP) is 2.73. The van der Waals surface area contributed by atoms with Crippen molar-refractivity contribution in [1.29, 1.82) is 5.41 Å². The highest BCUT2D eigenvalue weighted by Crippen LogP contribution is 2.19. The van der Waals surface area contributed by atoms with E-state index in [2.05, 4.69) is 6.92 Å². The number of rotatable bonds is 3. The topological polar surface area (TPSA) is 44.1 Å². The first-order chi connectivity index (χ1) is 6.15. The highest BCUT2D eigenvalue weighted by Gasteiger charge is 2.03. The van der Waals surface area contributed by atoms with Gasteiger partial charge in [0.1, 0.15) is 5.75 Å². The summed E-state index contributed by atoms with van der Waals surface area (Å²) in [6.07, 6.45) is 2.09. The average Bonchev–Trinajstić information content (AvgIpc) is 2.08. The molecule has 1 rings (SSSR count). The minimum Gasteiger partial charge on any atom is -0.507 e. The van der Waals surface area contributed by atoms with Crippen LogP contribution in [0.1, 0.15) is 31.4 Å². The summed E-state index contributed by atoms with van der Waals surface area (Å²) in [7, 11) is 0. The molecule has 2 nitrogen and oxygen atoms in total. The van der Waals surface area contributed by atoms with Gasteiger partial charge < -0.3 is 10.5 Å². The van der Waals surface area contributed by atoms with Crippen molar-refractivity contribution in [3.05, 3.63) is 29.3 Å². The molecule has 0 spiro atoms. The molecule has 0 unspecified atom stereocenters. The lowest BCUT2D eigenvalue weighted by Crippen LogP contribution is -1.94. The Hall–Kier alpha value is -1.31. The van der Waals surface area contributed by atoms with Crippen LogP contribution in [0.15, 0.2) is 18.2 Å². The fourth-order valence-electron chi connectivity index (χ4n) is 1.33. The van der Waals surface area contributed by atoms with Crippen LogP contribution in [-0.4, -0.2) is 10.8 Å². The molecule has 0 saturated carbocycles. The zero-order chi connectivity index (χ0) is 9.84. The summed E-state index contributed by atoms with van der Waals surface area (Å²) in [5.41, 5.74) is 2.24. The lowest BCUT2D eigenvalue weighted by Gasteiger charge is -2.05. The lowest BCUT2D eigenvalue weighted by atomic mass is 10.0. The highest BCUT2D eigenvalue weighted by molar-refractivity contribution is 5.98. The van der Waals surface area contributed by atoms with Crippen molar-refractivity contribution < 1.29 is 5.11 Å². The van der Waals surface area contributed by atoms with Crippen LogP contribution < -0.4 is 0 Å². The van der Waals surface area contributed by atoms with E-state index >= 15 is 0 Å². The largest absolute Gasteiger partial charge is 0.507 e. The summed E-state index contributed by atoms with van der Waals surface area (Å²) >= 11 is 0. The molecule has 0 saturated heterocycles. The van der Waals surface area contributed by atoms with Crippen LogP contribution in [0.2, 0.25) is 0 Å². The Morgan fingerprint density at radius 3 is 2.69 bits per heavy atom. The maximum atomic E-state index is 9.43. The van der Waals surface area contributed by atoms with Crippen molar-refractivity contribution in [3.63, 3.8) is 0 Å². The summed E-state index contributed by atoms with van der Waals surface area (Å²) in [5.74, 6) is 0.201. The number of benzene rings is 1. The van der Waals surface area contributed by atoms with Gasteiger partial charge in [-0.2, -0.15) is 0 Å². The zero-order valence-electron chi connectivity index (χ0n) is 8.09. The molecule has 1 aromatic rings. The molecule has 0 amide bonds. The average molecular weight is 177 g/mol. The molecule has 1 aromatic carbocycles. The SMILES string of the molecule is CCCc1ccc(O)c(C(C)=N)c1. The smallest absolute Gasteiger partial charge is 0.124 e. The number of hydrogen-bond acceptors (Lipinski definition) is 2. The first-order valence-electron chi connectivity index (χ1n) is 4.52. The molecule has 0 bridgehead atoms. The van der Waals surface area contributed by atoms with Gasteiger partial charge in [-0.15, -0.1) is 0 Å². The maximum Gasteiger partial charge on any atom is 0.124 e. The number of phenols is 1. The van der Waals surface area contributed by atoms with Gasteiger partial charge in [0.05, 0.1) is 0 Å². The van der Waals surface area contributed by atoms with E-state index in [1.807, 2.05) is 12.1 Å². The van der Waals surface area contributed by atoms with E-state index < -0.39 is 0 Å². The van der Waals surface area contributed by atoms with Crippen LogP contribution in [0.3, 0.4) is 0 Å². The van der Waals surface area contributed by atoms with Gasteiger partial charge in [-0.05, 0) is 31.0 Å². The summed E-state index contributed by atoms with van der Waals surface area (Å²) < 4.78 is 0. The van der Waals surface area contributed by atoms with Gasteiger partial charge >= 0.3 is 0 Å². The second kappa shape index (κ2) is 4.08. The lowest BCUT2D eigenvalue weighted by molar-refractivity contribution is 0.474. The molecule has 0 fully saturated rings. The van der Waals surface area contributed by atoms with E-state index in [1.165, 1.54) is 5.56 Å². The first kappa shape index (κ1) is 9.78. The molecular weight excluding hydrogens is 162 g/mol. The van der Waals surface area contributed by atoms with Crippen LogP contribution in [-0.2, 0) is 6.42 Å². The van der Waals surface area contributed by atoms with Gasteiger partial charge in [-0.25, -0.2) is 0 Å². The fourth-order valence-corrected chi connectivity index (χ4v) is 1.33.